The van der Waals surface area contributed by atoms with Gasteiger partial charge in [0.2, 0.25) is 5.96 Å². The number of amides is 2. The number of thiophene rings is 1. The van der Waals surface area contributed by atoms with Crippen LogP contribution in [0.25, 0.3) is 0 Å². The lowest BCUT2D eigenvalue weighted by atomic mass is 10.6. The normalized spacial score (nSPS) is 11.0. The number of carbonyl (C=O) groups excluding carboxylic acids is 1. The number of aliphatic imine (C=N–C) groups is 1. The molecule has 2 amide bonds. The Bertz CT molecular complexity index is 306. The molecule has 1 aromatic heterocycles. The van der Waals surface area contributed by atoms with E-state index in [1.165, 1.54) is 18.4 Å². The molecule has 0 saturated heterocycles. The smallest absolute Gasteiger partial charge is 0.321 e. The summed E-state index contributed by atoms with van der Waals surface area (Å²) < 4.78 is 0. The Balaban J connectivity index is 2.57. The van der Waals surface area contributed by atoms with Gasteiger partial charge in [-0.3, -0.25) is 5.32 Å². The van der Waals surface area contributed by atoms with Crippen molar-refractivity contribution in [1.82, 2.24) is 10.6 Å². The van der Waals surface area contributed by atoms with Gasteiger partial charge in [-0.25, -0.2) is 9.79 Å². The second-order valence-electron chi connectivity index (χ2n) is 2.15. The number of hydrogen-bond acceptors (Lipinski definition) is 3. The van der Waals surface area contributed by atoms with E-state index in [0.29, 0.717) is 0 Å². The molecule has 0 atom stereocenters. The molecule has 70 valence electrons. The van der Waals surface area contributed by atoms with E-state index in [2.05, 4.69) is 15.6 Å². The maximum absolute atomic E-state index is 10.8. The van der Waals surface area contributed by atoms with Crippen molar-refractivity contribution in [3.05, 3.63) is 17.5 Å². The standard InChI is InChI=1S/C7H10N4OS/c1-9-7(12)11-6(8)10-5-3-2-4-13-5/h2-4H,1H3,(H4,8,9,10,11,12). The van der Waals surface area contributed by atoms with Crippen molar-refractivity contribution in [2.45, 2.75) is 0 Å². The number of nitrogens with zero attached hydrogens (tertiary/aromatic N) is 1. The minimum Gasteiger partial charge on any atom is -0.369 e. The molecule has 0 unspecified atom stereocenters. The van der Waals surface area contributed by atoms with Crippen LogP contribution in [0.15, 0.2) is 22.5 Å². The summed E-state index contributed by atoms with van der Waals surface area (Å²) in [6.45, 7) is 0. The van der Waals surface area contributed by atoms with Crippen LogP contribution in [-0.4, -0.2) is 19.0 Å². The monoisotopic (exact) mass is 198 g/mol. The van der Waals surface area contributed by atoms with E-state index in [1.807, 2.05) is 17.5 Å². The SMILES string of the molecule is CNC(=O)NC(N)=Nc1cccs1. The fourth-order valence-electron chi connectivity index (χ4n) is 0.659. The second-order valence-corrected chi connectivity index (χ2v) is 3.08. The van der Waals surface area contributed by atoms with Gasteiger partial charge in [0, 0.05) is 7.05 Å². The van der Waals surface area contributed by atoms with Crippen LogP contribution >= 0.6 is 11.3 Å². The summed E-state index contributed by atoms with van der Waals surface area (Å²) in [6, 6.07) is 3.29. The fourth-order valence-corrected chi connectivity index (χ4v) is 1.26. The lowest BCUT2D eigenvalue weighted by Crippen LogP contribution is -2.41. The van der Waals surface area contributed by atoms with Crippen LogP contribution < -0.4 is 16.4 Å². The molecule has 0 aliphatic heterocycles. The quantitative estimate of drug-likeness (QED) is 0.457. The second kappa shape index (κ2) is 4.46. The molecular weight excluding hydrogens is 188 g/mol. The van der Waals surface area contributed by atoms with E-state index < -0.39 is 0 Å². The number of guanidine groups is 1. The third-order valence-corrected chi connectivity index (χ3v) is 1.97. The van der Waals surface area contributed by atoms with Gasteiger partial charge in [-0.05, 0) is 17.5 Å². The lowest BCUT2D eigenvalue weighted by Gasteiger charge is -2.01. The van der Waals surface area contributed by atoms with Crippen molar-refractivity contribution >= 4 is 28.3 Å². The summed E-state index contributed by atoms with van der Waals surface area (Å²) in [5, 5.41) is 7.36. The van der Waals surface area contributed by atoms with Gasteiger partial charge in [0.25, 0.3) is 0 Å². The zero-order chi connectivity index (χ0) is 9.68. The van der Waals surface area contributed by atoms with Gasteiger partial charge in [-0.1, -0.05) is 0 Å². The van der Waals surface area contributed by atoms with Crippen LogP contribution in [0, 0.1) is 0 Å². The Morgan fingerprint density at radius 3 is 3.00 bits per heavy atom. The maximum atomic E-state index is 10.8. The molecule has 0 bridgehead atoms. The van der Waals surface area contributed by atoms with Crippen molar-refractivity contribution in [3.63, 3.8) is 0 Å². The van der Waals surface area contributed by atoms with E-state index in [9.17, 15) is 4.79 Å². The average molecular weight is 198 g/mol. The fraction of sp³-hybridized carbons (Fsp3) is 0.143. The molecule has 4 N–H and O–H groups in total. The van der Waals surface area contributed by atoms with Gasteiger partial charge in [-0.15, -0.1) is 11.3 Å². The topological polar surface area (TPSA) is 79.5 Å². The summed E-state index contributed by atoms with van der Waals surface area (Å²) in [5.74, 6) is 0.0850. The molecular formula is C7H10N4OS. The molecule has 1 rings (SSSR count). The lowest BCUT2D eigenvalue weighted by molar-refractivity contribution is 0.247. The van der Waals surface area contributed by atoms with Gasteiger partial charge < -0.3 is 11.1 Å². The molecule has 13 heavy (non-hydrogen) atoms. The molecule has 0 radical (unpaired) electrons. The molecule has 0 saturated carbocycles. The first-order chi connectivity index (χ1) is 6.22. The van der Waals surface area contributed by atoms with Gasteiger partial charge >= 0.3 is 6.03 Å². The zero-order valence-corrected chi connectivity index (χ0v) is 7.89. The first-order valence-corrected chi connectivity index (χ1v) is 4.46. The van der Waals surface area contributed by atoms with Crippen LogP contribution in [0.1, 0.15) is 0 Å². The highest BCUT2D eigenvalue weighted by atomic mass is 32.1. The molecule has 5 nitrogen and oxygen atoms in total. The van der Waals surface area contributed by atoms with Gasteiger partial charge in [0.05, 0.1) is 0 Å². The van der Waals surface area contributed by atoms with E-state index in [1.54, 1.807) is 0 Å². The summed E-state index contributed by atoms with van der Waals surface area (Å²) >= 11 is 1.45. The highest BCUT2D eigenvalue weighted by Crippen LogP contribution is 2.18. The highest BCUT2D eigenvalue weighted by Gasteiger charge is 1.98. The first-order valence-electron chi connectivity index (χ1n) is 3.59. The average Bonchev–Trinajstić information content (AvgIpc) is 2.56. The van der Waals surface area contributed by atoms with Gasteiger partial charge in [0.15, 0.2) is 0 Å². The molecule has 1 heterocycles. The summed E-state index contributed by atoms with van der Waals surface area (Å²) in [5.41, 5.74) is 5.43. The first kappa shape index (κ1) is 9.53. The van der Waals surface area contributed by atoms with Crippen molar-refractivity contribution in [1.29, 1.82) is 0 Å². The largest absolute Gasteiger partial charge is 0.369 e. The Morgan fingerprint density at radius 2 is 2.46 bits per heavy atom. The van der Waals surface area contributed by atoms with Crippen LogP contribution in [-0.2, 0) is 0 Å². The van der Waals surface area contributed by atoms with Crippen LogP contribution in [0.5, 0.6) is 0 Å². The molecule has 0 aliphatic rings. The summed E-state index contributed by atoms with van der Waals surface area (Å²) in [6.07, 6.45) is 0. The zero-order valence-electron chi connectivity index (χ0n) is 7.07. The third kappa shape index (κ3) is 3.12. The molecule has 0 aliphatic carbocycles. The number of nitrogens with one attached hydrogen (secondary N) is 2. The predicted octanol–water partition coefficient (Wildman–Crippen LogP) is 0.623. The van der Waals surface area contributed by atoms with Crippen molar-refractivity contribution in [2.24, 2.45) is 10.7 Å². The van der Waals surface area contributed by atoms with E-state index in [-0.39, 0.29) is 12.0 Å². The summed E-state index contributed by atoms with van der Waals surface area (Å²) in [4.78, 5) is 14.7. The molecule has 6 heteroatoms. The van der Waals surface area contributed by atoms with E-state index in [4.69, 9.17) is 5.73 Å². The van der Waals surface area contributed by atoms with Gasteiger partial charge in [-0.2, -0.15) is 0 Å². The van der Waals surface area contributed by atoms with E-state index >= 15 is 0 Å². The summed E-state index contributed by atoms with van der Waals surface area (Å²) in [7, 11) is 1.51. The Kier molecular flexibility index (Phi) is 3.27. The van der Waals surface area contributed by atoms with Crippen LogP contribution in [0.3, 0.4) is 0 Å². The molecule has 0 fully saturated rings. The highest BCUT2D eigenvalue weighted by molar-refractivity contribution is 7.13. The van der Waals surface area contributed by atoms with Crippen molar-refractivity contribution in [2.75, 3.05) is 7.05 Å². The minimum absolute atomic E-state index is 0.0850. The molecule has 1 aromatic rings. The maximum Gasteiger partial charge on any atom is 0.321 e. The molecule has 0 aromatic carbocycles. The Hall–Kier alpha value is -1.56. The Labute approximate surface area is 79.7 Å². The minimum atomic E-state index is -0.377. The van der Waals surface area contributed by atoms with Gasteiger partial charge in [0.1, 0.15) is 5.00 Å². The van der Waals surface area contributed by atoms with Crippen molar-refractivity contribution < 1.29 is 4.79 Å². The van der Waals surface area contributed by atoms with E-state index in [0.717, 1.165) is 5.00 Å². The molecule has 0 spiro atoms. The number of hydrogen-bond donors (Lipinski definition) is 3. The number of urea groups is 1. The van der Waals surface area contributed by atoms with Crippen molar-refractivity contribution in [3.8, 4) is 0 Å². The number of rotatable bonds is 1. The predicted molar refractivity (Wildman–Crippen MR) is 53.2 cm³/mol. The Morgan fingerprint density at radius 1 is 1.69 bits per heavy atom. The van der Waals surface area contributed by atoms with Crippen LogP contribution in [0.2, 0.25) is 0 Å². The third-order valence-electron chi connectivity index (χ3n) is 1.21. The number of carbonyl (C=O) groups is 1. The number of nitrogens with two attached hydrogens (primary N) is 1. The van der Waals surface area contributed by atoms with Crippen LogP contribution in [0.4, 0.5) is 9.80 Å².